The summed E-state index contributed by atoms with van der Waals surface area (Å²) in [6.45, 7) is 3.11. The fraction of sp³-hybridized carbons (Fsp3) is 0.286. The van der Waals surface area contributed by atoms with Crippen molar-refractivity contribution in [2.45, 2.75) is 0 Å². The Labute approximate surface area is 121 Å². The Morgan fingerprint density at radius 3 is 2.67 bits per heavy atom. The Morgan fingerprint density at radius 2 is 1.86 bits per heavy atom. The second-order valence-electron chi connectivity index (χ2n) is 4.85. The van der Waals surface area contributed by atoms with Gasteiger partial charge in [0.05, 0.1) is 18.6 Å². The standard InChI is InChI=1S/C14H14N6O/c1-3-21-4-2-20(1)14-12-11(10-5-15-8-16-6-10)7-17-13(12)18-9-19-14/h5-9H,1-4H2,(H,17,18,19). The molecule has 4 rings (SSSR count). The number of ether oxygens (including phenoxy) is 1. The van der Waals surface area contributed by atoms with Gasteiger partial charge in [0, 0.05) is 42.8 Å². The van der Waals surface area contributed by atoms with Crippen molar-refractivity contribution in [1.82, 2.24) is 24.9 Å². The number of nitrogens with zero attached hydrogens (tertiary/aromatic N) is 5. The molecule has 0 radical (unpaired) electrons. The van der Waals surface area contributed by atoms with Gasteiger partial charge in [0.25, 0.3) is 0 Å². The van der Waals surface area contributed by atoms with Gasteiger partial charge in [-0.05, 0) is 0 Å². The van der Waals surface area contributed by atoms with Crippen LogP contribution in [0.4, 0.5) is 5.82 Å². The lowest BCUT2D eigenvalue weighted by Gasteiger charge is -2.28. The summed E-state index contributed by atoms with van der Waals surface area (Å²) >= 11 is 0. The molecule has 1 aliphatic rings. The van der Waals surface area contributed by atoms with E-state index < -0.39 is 0 Å². The number of rotatable bonds is 2. The Kier molecular flexibility index (Phi) is 2.97. The van der Waals surface area contributed by atoms with Crippen LogP contribution in [0.5, 0.6) is 0 Å². The number of aromatic nitrogens is 5. The highest BCUT2D eigenvalue weighted by Gasteiger charge is 2.19. The predicted octanol–water partition coefficient (Wildman–Crippen LogP) is 1.25. The molecule has 1 N–H and O–H groups in total. The molecule has 3 aromatic rings. The van der Waals surface area contributed by atoms with Gasteiger partial charge in [0.1, 0.15) is 24.1 Å². The van der Waals surface area contributed by atoms with Crippen LogP contribution in [-0.4, -0.2) is 51.2 Å². The van der Waals surface area contributed by atoms with Crippen molar-refractivity contribution in [2.24, 2.45) is 0 Å². The highest BCUT2D eigenvalue weighted by molar-refractivity contribution is 6.00. The lowest BCUT2D eigenvalue weighted by atomic mass is 10.1. The van der Waals surface area contributed by atoms with E-state index in [1.54, 1.807) is 18.7 Å². The van der Waals surface area contributed by atoms with Gasteiger partial charge < -0.3 is 14.6 Å². The molecule has 7 nitrogen and oxygen atoms in total. The Balaban J connectivity index is 1.89. The van der Waals surface area contributed by atoms with Crippen molar-refractivity contribution in [3.63, 3.8) is 0 Å². The maximum atomic E-state index is 5.42. The monoisotopic (exact) mass is 282 g/mol. The Morgan fingerprint density at radius 1 is 1.05 bits per heavy atom. The molecule has 0 amide bonds. The second kappa shape index (κ2) is 5.10. The molecule has 0 spiro atoms. The Hall–Kier alpha value is -2.54. The van der Waals surface area contributed by atoms with Crippen molar-refractivity contribution in [1.29, 1.82) is 0 Å². The van der Waals surface area contributed by atoms with Crippen molar-refractivity contribution < 1.29 is 4.74 Å². The molecule has 7 heteroatoms. The average molecular weight is 282 g/mol. The second-order valence-corrected chi connectivity index (χ2v) is 4.85. The van der Waals surface area contributed by atoms with E-state index in [1.165, 1.54) is 6.33 Å². The van der Waals surface area contributed by atoms with Gasteiger partial charge in [-0.25, -0.2) is 19.9 Å². The van der Waals surface area contributed by atoms with E-state index in [9.17, 15) is 0 Å². The van der Waals surface area contributed by atoms with Crippen molar-refractivity contribution >= 4 is 16.9 Å². The molecule has 4 heterocycles. The van der Waals surface area contributed by atoms with E-state index in [1.807, 2.05) is 6.20 Å². The third-order valence-electron chi connectivity index (χ3n) is 3.63. The fourth-order valence-electron chi connectivity index (χ4n) is 2.63. The van der Waals surface area contributed by atoms with E-state index in [0.717, 1.165) is 54.3 Å². The van der Waals surface area contributed by atoms with E-state index in [2.05, 4.69) is 29.8 Å². The number of nitrogens with one attached hydrogen (secondary N) is 1. The highest BCUT2D eigenvalue weighted by Crippen LogP contribution is 2.33. The summed E-state index contributed by atoms with van der Waals surface area (Å²) in [5, 5.41) is 1.01. The summed E-state index contributed by atoms with van der Waals surface area (Å²) in [4.78, 5) is 22.4. The van der Waals surface area contributed by atoms with Crippen LogP contribution in [0.25, 0.3) is 22.2 Å². The van der Waals surface area contributed by atoms with Gasteiger partial charge in [0.15, 0.2) is 0 Å². The molecule has 0 atom stereocenters. The first-order chi connectivity index (χ1) is 10.4. The molecule has 0 bridgehead atoms. The smallest absolute Gasteiger partial charge is 0.143 e. The molecule has 106 valence electrons. The molecular weight excluding hydrogens is 268 g/mol. The lowest BCUT2D eigenvalue weighted by molar-refractivity contribution is 0.122. The molecule has 0 unspecified atom stereocenters. The third kappa shape index (κ3) is 2.11. The fourth-order valence-corrected chi connectivity index (χ4v) is 2.63. The zero-order chi connectivity index (χ0) is 14.1. The number of morpholine rings is 1. The minimum Gasteiger partial charge on any atom is -0.378 e. The SMILES string of the molecule is c1ncc(-c2c[nH]c3ncnc(N4CCOCC4)c23)cn1. The van der Waals surface area contributed by atoms with Crippen molar-refractivity contribution in [3.8, 4) is 11.1 Å². The highest BCUT2D eigenvalue weighted by atomic mass is 16.5. The topological polar surface area (TPSA) is 79.8 Å². The van der Waals surface area contributed by atoms with Crippen molar-refractivity contribution in [3.05, 3.63) is 31.2 Å². The normalized spacial score (nSPS) is 15.5. The molecular formula is C14H14N6O. The first-order valence-corrected chi connectivity index (χ1v) is 6.83. The van der Waals surface area contributed by atoms with Crippen LogP contribution >= 0.6 is 0 Å². The number of hydrogen-bond acceptors (Lipinski definition) is 6. The summed E-state index contributed by atoms with van der Waals surface area (Å²) in [6, 6.07) is 0. The van der Waals surface area contributed by atoms with Crippen LogP contribution in [0.3, 0.4) is 0 Å². The third-order valence-corrected chi connectivity index (χ3v) is 3.63. The zero-order valence-electron chi connectivity index (χ0n) is 11.4. The summed E-state index contributed by atoms with van der Waals surface area (Å²) < 4.78 is 5.42. The minimum atomic E-state index is 0.722. The molecule has 3 aromatic heterocycles. The van der Waals surface area contributed by atoms with Crippen LogP contribution in [0, 0.1) is 0 Å². The first kappa shape index (κ1) is 12.2. The van der Waals surface area contributed by atoms with Crippen molar-refractivity contribution in [2.75, 3.05) is 31.2 Å². The number of anilines is 1. The first-order valence-electron chi connectivity index (χ1n) is 6.83. The zero-order valence-corrected chi connectivity index (χ0v) is 11.4. The van der Waals surface area contributed by atoms with E-state index in [0.29, 0.717) is 0 Å². The maximum Gasteiger partial charge on any atom is 0.143 e. The van der Waals surface area contributed by atoms with E-state index >= 15 is 0 Å². The number of hydrogen-bond donors (Lipinski definition) is 1. The van der Waals surface area contributed by atoms with Crippen LogP contribution in [0.2, 0.25) is 0 Å². The van der Waals surface area contributed by atoms with Crippen LogP contribution in [0.15, 0.2) is 31.2 Å². The van der Waals surface area contributed by atoms with E-state index in [4.69, 9.17) is 4.74 Å². The predicted molar refractivity (Wildman–Crippen MR) is 77.9 cm³/mol. The van der Waals surface area contributed by atoms with Crippen LogP contribution < -0.4 is 4.90 Å². The molecule has 21 heavy (non-hydrogen) atoms. The molecule has 1 fully saturated rings. The van der Waals surface area contributed by atoms with Crippen LogP contribution in [-0.2, 0) is 4.74 Å². The van der Waals surface area contributed by atoms with Gasteiger partial charge in [0.2, 0.25) is 0 Å². The minimum absolute atomic E-state index is 0.722. The van der Waals surface area contributed by atoms with Gasteiger partial charge in [-0.15, -0.1) is 0 Å². The summed E-state index contributed by atoms with van der Waals surface area (Å²) in [6.07, 6.45) is 8.64. The van der Waals surface area contributed by atoms with E-state index in [-0.39, 0.29) is 0 Å². The molecule has 1 saturated heterocycles. The molecule has 0 aromatic carbocycles. The van der Waals surface area contributed by atoms with Gasteiger partial charge in [-0.1, -0.05) is 0 Å². The van der Waals surface area contributed by atoms with Gasteiger partial charge in [-0.3, -0.25) is 0 Å². The summed E-state index contributed by atoms with van der Waals surface area (Å²) in [5.41, 5.74) is 2.80. The maximum absolute atomic E-state index is 5.42. The summed E-state index contributed by atoms with van der Waals surface area (Å²) in [7, 11) is 0. The number of fused-ring (bicyclic) bond motifs is 1. The van der Waals surface area contributed by atoms with Gasteiger partial charge in [-0.2, -0.15) is 0 Å². The molecule has 0 saturated carbocycles. The average Bonchev–Trinajstić information content (AvgIpc) is 3.00. The van der Waals surface area contributed by atoms with Crippen LogP contribution in [0.1, 0.15) is 0 Å². The molecule has 0 aliphatic carbocycles. The van der Waals surface area contributed by atoms with Gasteiger partial charge >= 0.3 is 0 Å². The Bertz CT molecular complexity index is 751. The number of H-pyrrole nitrogens is 1. The summed E-state index contributed by atoms with van der Waals surface area (Å²) in [5.74, 6) is 0.934. The number of aromatic amines is 1. The molecule has 1 aliphatic heterocycles. The quantitative estimate of drug-likeness (QED) is 0.762. The largest absolute Gasteiger partial charge is 0.378 e. The lowest BCUT2D eigenvalue weighted by Crippen LogP contribution is -2.36.